The predicted octanol–water partition coefficient (Wildman–Crippen LogP) is 5.85. The molecule has 3 heterocycles. The van der Waals surface area contributed by atoms with E-state index in [-0.39, 0.29) is 35.2 Å². The number of aromatic hydroxyl groups is 1. The SMILES string of the molecule is COC(=O)[C@H]1[C@H]2C[C@@H]3c4[nH]c5cc(OC)ccc5c4CCN3C[C@H]2C[C@@H](OC(=O)c2cc(OC)c(OC)c(OC)c2)[C@@H]1OC.Oc1ccccc1S. The van der Waals surface area contributed by atoms with Crippen molar-refractivity contribution in [1.29, 1.82) is 0 Å². The van der Waals surface area contributed by atoms with Crippen LogP contribution in [0.25, 0.3) is 10.9 Å². The molecule has 0 radical (unpaired) electrons. The van der Waals surface area contributed by atoms with E-state index in [0.717, 1.165) is 37.2 Å². The van der Waals surface area contributed by atoms with Gasteiger partial charge in [0.25, 0.3) is 0 Å². The summed E-state index contributed by atoms with van der Waals surface area (Å²) in [5.74, 6) is 0.673. The van der Waals surface area contributed by atoms with Gasteiger partial charge in [0.1, 0.15) is 23.7 Å². The summed E-state index contributed by atoms with van der Waals surface area (Å²) in [5, 5.41) is 10.1. The van der Waals surface area contributed by atoms with Gasteiger partial charge in [-0.1, -0.05) is 12.1 Å². The molecule has 1 aromatic heterocycles. The average molecular weight is 735 g/mol. The normalized spacial score (nSPS) is 23.5. The maximum absolute atomic E-state index is 13.5. The van der Waals surface area contributed by atoms with Crippen LogP contribution in [0.5, 0.6) is 28.7 Å². The molecule has 6 atom stereocenters. The second-order valence-corrected chi connectivity index (χ2v) is 13.7. The number of aromatic nitrogens is 1. The number of carbonyl (C=O) groups excluding carboxylic acids is 2. The highest BCUT2D eigenvalue weighted by atomic mass is 32.1. The van der Waals surface area contributed by atoms with E-state index in [9.17, 15) is 9.59 Å². The molecule has 0 unspecified atom stereocenters. The van der Waals surface area contributed by atoms with Crippen LogP contribution in [0, 0.1) is 17.8 Å². The molecule has 0 spiro atoms. The maximum Gasteiger partial charge on any atom is 0.338 e. The first kappa shape index (κ1) is 37.2. The van der Waals surface area contributed by atoms with E-state index < -0.39 is 24.1 Å². The Morgan fingerprint density at radius 2 is 1.63 bits per heavy atom. The van der Waals surface area contributed by atoms with Gasteiger partial charge in [-0.25, -0.2) is 4.79 Å². The Bertz CT molecular complexity index is 1870. The van der Waals surface area contributed by atoms with Crippen LogP contribution >= 0.6 is 12.6 Å². The van der Waals surface area contributed by atoms with Gasteiger partial charge in [-0.05, 0) is 73.1 Å². The van der Waals surface area contributed by atoms with Gasteiger partial charge in [0.05, 0.1) is 53.1 Å². The fourth-order valence-corrected chi connectivity index (χ4v) is 8.39. The number of rotatable bonds is 8. The number of esters is 2. The Morgan fingerprint density at radius 3 is 2.23 bits per heavy atom. The number of nitrogens with zero attached hydrogens (tertiary/aromatic N) is 1. The molecule has 4 aromatic rings. The molecular weight excluding hydrogens is 689 g/mol. The van der Waals surface area contributed by atoms with Gasteiger partial charge in [-0.2, -0.15) is 0 Å². The first-order valence-corrected chi connectivity index (χ1v) is 17.6. The van der Waals surface area contributed by atoms with E-state index in [1.807, 2.05) is 18.2 Å². The minimum atomic E-state index is -0.670. The third-order valence-corrected chi connectivity index (χ3v) is 11.0. The predicted molar refractivity (Wildman–Crippen MR) is 196 cm³/mol. The van der Waals surface area contributed by atoms with Crippen LogP contribution in [0.3, 0.4) is 0 Å². The Hall–Kier alpha value is -4.59. The molecule has 7 rings (SSSR count). The van der Waals surface area contributed by atoms with E-state index in [1.165, 1.54) is 45.1 Å². The lowest BCUT2D eigenvalue weighted by molar-refractivity contribution is -0.176. The number of aromatic amines is 1. The number of thiol groups is 1. The van der Waals surface area contributed by atoms with Gasteiger partial charge in [-0.15, -0.1) is 12.6 Å². The second-order valence-electron chi connectivity index (χ2n) is 13.2. The molecule has 2 fully saturated rings. The Morgan fingerprint density at radius 1 is 0.904 bits per heavy atom. The third-order valence-electron chi connectivity index (χ3n) is 10.6. The number of fused-ring (bicyclic) bond motifs is 6. The lowest BCUT2D eigenvalue weighted by Crippen LogP contribution is -2.58. The van der Waals surface area contributed by atoms with E-state index >= 15 is 0 Å². The quantitative estimate of drug-likeness (QED) is 0.149. The zero-order chi connectivity index (χ0) is 37.1. The van der Waals surface area contributed by atoms with Crippen molar-refractivity contribution in [3.8, 4) is 28.7 Å². The molecule has 3 aliphatic rings. The number of phenols is 1. The van der Waals surface area contributed by atoms with Crippen molar-refractivity contribution in [2.75, 3.05) is 55.7 Å². The van der Waals surface area contributed by atoms with Gasteiger partial charge in [0.2, 0.25) is 5.75 Å². The molecule has 13 heteroatoms. The standard InChI is InChI=1S/C33H40N2O9.C6H6OS/c1-38-19-7-8-20-21-9-10-35-16-18-13-27(44-32(36)17-11-25(39-2)30(41-4)26(12-17)40-3)31(42-5)28(33(37)43-6)22(18)15-24(35)29(21)34-23(20)14-19;7-5-3-1-2-4-6(5)8/h7-8,11-12,14,18,22,24,27-28,31,34H,9-10,13,15-16H2,1-6H3;1-4,7-8H/t18-,22+,24-,27-,28+,31+;/m1./s1. The molecule has 0 amide bonds. The van der Waals surface area contributed by atoms with E-state index in [0.29, 0.717) is 28.6 Å². The Labute approximate surface area is 308 Å². The number of piperidine rings is 1. The van der Waals surface area contributed by atoms with Crippen molar-refractivity contribution in [3.05, 3.63) is 71.4 Å². The van der Waals surface area contributed by atoms with Crippen molar-refractivity contribution in [3.63, 3.8) is 0 Å². The summed E-state index contributed by atoms with van der Waals surface area (Å²) in [7, 11) is 9.10. The molecule has 12 nitrogen and oxygen atoms in total. The van der Waals surface area contributed by atoms with Crippen LogP contribution in [0.1, 0.15) is 40.5 Å². The molecule has 2 aliphatic heterocycles. The fraction of sp³-hybridized carbons (Fsp3) is 0.436. The van der Waals surface area contributed by atoms with Crippen molar-refractivity contribution in [2.45, 2.75) is 42.4 Å². The highest BCUT2D eigenvalue weighted by Crippen LogP contribution is 2.51. The third kappa shape index (κ3) is 7.09. The molecule has 3 aromatic carbocycles. The highest BCUT2D eigenvalue weighted by molar-refractivity contribution is 7.80. The molecule has 52 heavy (non-hydrogen) atoms. The van der Waals surface area contributed by atoms with Gasteiger partial charge < -0.3 is 43.2 Å². The van der Waals surface area contributed by atoms with Crippen molar-refractivity contribution >= 4 is 35.5 Å². The van der Waals surface area contributed by atoms with Gasteiger partial charge in [0.15, 0.2) is 11.5 Å². The van der Waals surface area contributed by atoms with Crippen LogP contribution < -0.4 is 18.9 Å². The number of benzene rings is 3. The number of nitrogens with one attached hydrogen (secondary N) is 1. The number of carbonyl (C=O) groups is 2. The smallest absolute Gasteiger partial charge is 0.338 e. The molecule has 0 bridgehead atoms. The molecular formula is C39H46N2O10S. The first-order valence-electron chi connectivity index (χ1n) is 17.2. The van der Waals surface area contributed by atoms with Crippen LogP contribution in [-0.4, -0.2) is 94.9 Å². The van der Waals surface area contributed by atoms with Crippen LogP contribution in [-0.2, 0) is 25.4 Å². The highest BCUT2D eigenvalue weighted by Gasteiger charge is 2.54. The van der Waals surface area contributed by atoms with Gasteiger partial charge in [0, 0.05) is 47.8 Å². The summed E-state index contributed by atoms with van der Waals surface area (Å²) in [6.45, 7) is 1.68. The van der Waals surface area contributed by atoms with Gasteiger partial charge >= 0.3 is 11.9 Å². The molecule has 1 saturated carbocycles. The van der Waals surface area contributed by atoms with E-state index in [1.54, 1.807) is 44.6 Å². The zero-order valence-corrected chi connectivity index (χ0v) is 31.1. The number of hydrogen-bond acceptors (Lipinski definition) is 12. The summed E-state index contributed by atoms with van der Waals surface area (Å²) >= 11 is 3.95. The van der Waals surface area contributed by atoms with E-state index in [2.05, 4.69) is 28.6 Å². The molecule has 278 valence electrons. The Kier molecular flexibility index (Phi) is 11.4. The van der Waals surface area contributed by atoms with Gasteiger partial charge in [-0.3, -0.25) is 9.69 Å². The Balaban J connectivity index is 0.000000514. The summed E-state index contributed by atoms with van der Waals surface area (Å²) in [6, 6.07) is 16.3. The number of methoxy groups -OCH3 is 6. The minimum absolute atomic E-state index is 0.0170. The van der Waals surface area contributed by atoms with Crippen LogP contribution in [0.4, 0.5) is 0 Å². The number of hydrogen-bond donors (Lipinski definition) is 3. The zero-order valence-electron chi connectivity index (χ0n) is 30.2. The number of para-hydroxylation sites is 1. The van der Waals surface area contributed by atoms with Crippen molar-refractivity contribution < 1.29 is 47.9 Å². The number of H-pyrrole nitrogens is 1. The monoisotopic (exact) mass is 734 g/mol. The lowest BCUT2D eigenvalue weighted by atomic mass is 9.63. The fourth-order valence-electron chi connectivity index (χ4n) is 8.23. The van der Waals surface area contributed by atoms with Crippen molar-refractivity contribution in [1.82, 2.24) is 9.88 Å². The largest absolute Gasteiger partial charge is 0.507 e. The summed E-state index contributed by atoms with van der Waals surface area (Å²) in [4.78, 5) is 33.8. The molecule has 1 aliphatic carbocycles. The number of phenolic OH excluding ortho intramolecular Hbond substituents is 1. The minimum Gasteiger partial charge on any atom is -0.507 e. The first-order chi connectivity index (χ1) is 25.1. The summed E-state index contributed by atoms with van der Waals surface area (Å²) in [5.41, 5.74) is 3.83. The average Bonchev–Trinajstić information content (AvgIpc) is 3.55. The summed E-state index contributed by atoms with van der Waals surface area (Å²) < 4.78 is 39.1. The van der Waals surface area contributed by atoms with E-state index in [4.69, 9.17) is 38.3 Å². The second kappa shape index (κ2) is 16.0. The van der Waals surface area contributed by atoms with Crippen molar-refractivity contribution in [2.24, 2.45) is 17.8 Å². The van der Waals surface area contributed by atoms with Crippen LogP contribution in [0.15, 0.2) is 59.5 Å². The molecule has 1 saturated heterocycles. The maximum atomic E-state index is 13.5. The number of ether oxygens (including phenoxy) is 7. The van der Waals surface area contributed by atoms with Crippen LogP contribution in [0.2, 0.25) is 0 Å². The molecule has 2 N–H and O–H groups in total. The topological polar surface area (TPSA) is 138 Å². The summed E-state index contributed by atoms with van der Waals surface area (Å²) in [6.07, 6.45) is 0.920. The lowest BCUT2D eigenvalue weighted by Gasteiger charge is -2.52.